The van der Waals surface area contributed by atoms with Crippen LogP contribution in [0, 0.1) is 13.8 Å². The molecule has 1 atom stereocenters. The molecule has 29 heavy (non-hydrogen) atoms. The van der Waals surface area contributed by atoms with Crippen molar-refractivity contribution in [2.24, 2.45) is 0 Å². The molecule has 2 nitrogen and oxygen atoms in total. The monoisotopic (exact) mass is 417 g/mol. The molecular formula is C23H20F3O2S+. The molecule has 3 aromatic carbocycles. The summed E-state index contributed by atoms with van der Waals surface area (Å²) in [5.74, 6) is -0.971. The maximum atomic E-state index is 12.6. The molecule has 0 radical (unpaired) electrons. The van der Waals surface area contributed by atoms with E-state index in [1.165, 1.54) is 0 Å². The number of halogens is 3. The third-order valence-electron chi connectivity index (χ3n) is 4.18. The quantitative estimate of drug-likeness (QED) is 0.369. The molecule has 0 bridgehead atoms. The Morgan fingerprint density at radius 1 is 0.862 bits per heavy atom. The highest BCUT2D eigenvalue weighted by Crippen LogP contribution is 2.34. The molecule has 150 valence electrons. The maximum absolute atomic E-state index is 12.6. The van der Waals surface area contributed by atoms with Crippen molar-refractivity contribution in [3.05, 3.63) is 89.5 Å². The molecule has 0 aromatic heterocycles. The first-order valence-corrected chi connectivity index (χ1v) is 10.2. The number of benzene rings is 3. The van der Waals surface area contributed by atoms with Crippen molar-refractivity contribution < 1.29 is 22.7 Å². The molecule has 0 saturated heterocycles. The SMILES string of the molecule is Cc1ccc([S+](c2ccccc2)c2ccc(C)cc2C(=O)OCC(F)(F)F)cc1. The summed E-state index contributed by atoms with van der Waals surface area (Å²) in [4.78, 5) is 15.1. The predicted octanol–water partition coefficient (Wildman–Crippen LogP) is 6.12. The van der Waals surface area contributed by atoms with Crippen LogP contribution in [0.2, 0.25) is 0 Å². The Kier molecular flexibility index (Phi) is 6.33. The minimum absolute atomic E-state index is 0.155. The molecule has 0 aliphatic carbocycles. The smallest absolute Gasteiger partial charge is 0.422 e. The third kappa shape index (κ3) is 5.41. The van der Waals surface area contributed by atoms with Gasteiger partial charge in [-0.25, -0.2) is 4.79 Å². The van der Waals surface area contributed by atoms with E-state index in [2.05, 4.69) is 4.74 Å². The summed E-state index contributed by atoms with van der Waals surface area (Å²) in [6.07, 6.45) is -4.57. The van der Waals surface area contributed by atoms with Crippen LogP contribution >= 0.6 is 0 Å². The van der Waals surface area contributed by atoms with E-state index in [1.807, 2.05) is 67.6 Å². The Labute approximate surface area is 170 Å². The zero-order valence-electron chi connectivity index (χ0n) is 16.0. The lowest BCUT2D eigenvalue weighted by molar-refractivity contribution is -0.161. The van der Waals surface area contributed by atoms with Crippen molar-refractivity contribution in [2.45, 2.75) is 34.7 Å². The van der Waals surface area contributed by atoms with Crippen LogP contribution in [0.5, 0.6) is 0 Å². The van der Waals surface area contributed by atoms with Gasteiger partial charge in [0.05, 0.1) is 0 Å². The molecule has 0 aliphatic heterocycles. The lowest BCUT2D eigenvalue weighted by Gasteiger charge is -2.13. The molecule has 0 amide bonds. The average Bonchev–Trinajstić information content (AvgIpc) is 2.69. The third-order valence-corrected chi connectivity index (χ3v) is 6.46. The van der Waals surface area contributed by atoms with E-state index in [-0.39, 0.29) is 5.56 Å². The number of alkyl halides is 3. The minimum Gasteiger partial charge on any atom is -0.452 e. The molecule has 6 heteroatoms. The number of carbonyl (C=O) groups excluding carboxylic acids is 1. The Balaban J connectivity index is 2.11. The Bertz CT molecular complexity index is 983. The van der Waals surface area contributed by atoms with Crippen molar-refractivity contribution in [1.29, 1.82) is 0 Å². The van der Waals surface area contributed by atoms with Gasteiger partial charge in [0.1, 0.15) is 16.5 Å². The van der Waals surface area contributed by atoms with Crippen LogP contribution in [0.4, 0.5) is 13.2 Å². The number of hydrogen-bond acceptors (Lipinski definition) is 2. The van der Waals surface area contributed by atoms with Crippen LogP contribution in [0.3, 0.4) is 0 Å². The van der Waals surface area contributed by atoms with Crippen molar-refractivity contribution in [3.63, 3.8) is 0 Å². The van der Waals surface area contributed by atoms with Gasteiger partial charge in [-0.15, -0.1) is 0 Å². The van der Waals surface area contributed by atoms with Gasteiger partial charge < -0.3 is 4.74 Å². The second-order valence-electron chi connectivity index (χ2n) is 6.62. The summed E-state index contributed by atoms with van der Waals surface area (Å²) in [7, 11) is -0.670. The molecule has 0 heterocycles. The zero-order valence-corrected chi connectivity index (χ0v) is 16.8. The Hall–Kier alpha value is -2.73. The molecule has 0 N–H and O–H groups in total. The van der Waals surface area contributed by atoms with Gasteiger partial charge in [-0.3, -0.25) is 0 Å². The van der Waals surface area contributed by atoms with Gasteiger partial charge in [-0.1, -0.05) is 42.0 Å². The molecular weight excluding hydrogens is 397 g/mol. The first-order chi connectivity index (χ1) is 13.7. The van der Waals surface area contributed by atoms with E-state index in [0.717, 1.165) is 20.9 Å². The van der Waals surface area contributed by atoms with Gasteiger partial charge in [-0.2, -0.15) is 13.2 Å². The van der Waals surface area contributed by atoms with Gasteiger partial charge in [0.2, 0.25) is 0 Å². The molecule has 0 spiro atoms. The summed E-state index contributed by atoms with van der Waals surface area (Å²) in [6, 6.07) is 22.8. The Morgan fingerprint density at radius 3 is 2.07 bits per heavy atom. The van der Waals surface area contributed by atoms with Crippen molar-refractivity contribution in [3.8, 4) is 0 Å². The van der Waals surface area contributed by atoms with Gasteiger partial charge >= 0.3 is 12.1 Å². The van der Waals surface area contributed by atoms with Crippen molar-refractivity contribution in [1.82, 2.24) is 0 Å². The highest BCUT2D eigenvalue weighted by molar-refractivity contribution is 7.97. The molecule has 3 aromatic rings. The number of esters is 1. The van der Waals surface area contributed by atoms with Crippen LogP contribution in [0.1, 0.15) is 21.5 Å². The number of hydrogen-bond donors (Lipinski definition) is 0. The predicted molar refractivity (Wildman–Crippen MR) is 107 cm³/mol. The van der Waals surface area contributed by atoms with Crippen LogP contribution < -0.4 is 0 Å². The topological polar surface area (TPSA) is 26.3 Å². The molecule has 1 unspecified atom stereocenters. The van der Waals surface area contributed by atoms with Crippen molar-refractivity contribution >= 4 is 16.9 Å². The van der Waals surface area contributed by atoms with Gasteiger partial charge in [0.15, 0.2) is 21.3 Å². The van der Waals surface area contributed by atoms with Gasteiger partial charge in [-0.05, 0) is 55.8 Å². The van der Waals surface area contributed by atoms with E-state index in [1.54, 1.807) is 19.1 Å². The fourth-order valence-electron chi connectivity index (χ4n) is 2.83. The minimum atomic E-state index is -4.57. The summed E-state index contributed by atoms with van der Waals surface area (Å²) < 4.78 is 42.3. The summed E-state index contributed by atoms with van der Waals surface area (Å²) in [5, 5.41) is 0. The summed E-state index contributed by atoms with van der Waals surface area (Å²) >= 11 is 0. The largest absolute Gasteiger partial charge is 0.452 e. The van der Waals surface area contributed by atoms with Crippen LogP contribution in [0.25, 0.3) is 0 Å². The zero-order chi connectivity index (χ0) is 21.0. The molecule has 0 saturated carbocycles. The average molecular weight is 417 g/mol. The van der Waals surface area contributed by atoms with E-state index in [9.17, 15) is 18.0 Å². The normalized spacial score (nSPS) is 12.4. The van der Waals surface area contributed by atoms with E-state index in [0.29, 0.717) is 4.90 Å². The first-order valence-electron chi connectivity index (χ1n) is 8.95. The fraction of sp³-hybridized carbons (Fsp3) is 0.174. The number of aryl methyl sites for hydroxylation is 2. The van der Waals surface area contributed by atoms with Gasteiger partial charge in [0, 0.05) is 0 Å². The highest BCUT2D eigenvalue weighted by atomic mass is 32.2. The van der Waals surface area contributed by atoms with E-state index < -0.39 is 29.6 Å². The summed E-state index contributed by atoms with van der Waals surface area (Å²) in [5.41, 5.74) is 2.02. The van der Waals surface area contributed by atoms with Crippen molar-refractivity contribution in [2.75, 3.05) is 6.61 Å². The lowest BCUT2D eigenvalue weighted by Crippen LogP contribution is -2.22. The van der Waals surface area contributed by atoms with Crippen LogP contribution in [-0.4, -0.2) is 18.8 Å². The molecule has 0 fully saturated rings. The van der Waals surface area contributed by atoms with Crippen LogP contribution in [-0.2, 0) is 15.6 Å². The van der Waals surface area contributed by atoms with Gasteiger partial charge in [0.25, 0.3) is 0 Å². The highest BCUT2D eigenvalue weighted by Gasteiger charge is 2.35. The number of carbonyl (C=O) groups is 1. The van der Waals surface area contributed by atoms with Crippen LogP contribution in [0.15, 0.2) is 87.5 Å². The number of rotatable bonds is 5. The second kappa shape index (κ2) is 8.74. The standard InChI is InChI=1S/C23H20F3O2S/c1-16-8-11-19(12-9-16)29(18-6-4-3-5-7-18)21-13-10-17(2)14-20(21)22(27)28-15-23(24,25)26/h3-14H,15H2,1-2H3/q+1. The maximum Gasteiger partial charge on any atom is 0.422 e. The van der Waals surface area contributed by atoms with E-state index in [4.69, 9.17) is 0 Å². The lowest BCUT2D eigenvalue weighted by atomic mass is 10.1. The molecule has 3 rings (SSSR count). The Morgan fingerprint density at radius 2 is 1.45 bits per heavy atom. The fourth-order valence-corrected chi connectivity index (χ4v) is 5.01. The first kappa shape index (κ1) is 21.0. The second-order valence-corrected chi connectivity index (χ2v) is 8.62. The number of ether oxygens (including phenoxy) is 1. The summed E-state index contributed by atoms with van der Waals surface area (Å²) in [6.45, 7) is 2.16. The van der Waals surface area contributed by atoms with E-state index >= 15 is 0 Å². The molecule has 0 aliphatic rings.